The third-order valence-electron chi connectivity index (χ3n) is 6.47. The summed E-state index contributed by atoms with van der Waals surface area (Å²) in [6, 6.07) is 11.4. The lowest BCUT2D eigenvalue weighted by atomic mass is 9.87. The number of ether oxygens (including phenoxy) is 1. The maximum atomic E-state index is 13.6. The summed E-state index contributed by atoms with van der Waals surface area (Å²) < 4.78 is 33.8. The normalized spacial score (nSPS) is 21.0. The Balaban J connectivity index is 1.68. The van der Waals surface area contributed by atoms with Crippen LogP contribution in [0.15, 0.2) is 47.4 Å². The molecule has 2 aromatic carbocycles. The quantitative estimate of drug-likeness (QED) is 0.766. The number of fused-ring (bicyclic) bond motifs is 1. The zero-order chi connectivity index (χ0) is 22.4. The van der Waals surface area contributed by atoms with E-state index in [1.165, 1.54) is 11.2 Å². The Labute approximate surface area is 183 Å². The average Bonchev–Trinajstić information content (AvgIpc) is 3.41. The van der Waals surface area contributed by atoms with Crippen molar-refractivity contribution in [2.24, 2.45) is 0 Å². The molecule has 2 aromatic rings. The van der Waals surface area contributed by atoms with Crippen LogP contribution in [0.2, 0.25) is 0 Å². The van der Waals surface area contributed by atoms with Gasteiger partial charge in [0.15, 0.2) is 0 Å². The van der Waals surface area contributed by atoms with Crippen molar-refractivity contribution < 1.29 is 23.1 Å². The topological polar surface area (TPSA) is 87.2 Å². The van der Waals surface area contributed by atoms with Crippen LogP contribution >= 0.6 is 0 Å². The van der Waals surface area contributed by atoms with Crippen LogP contribution in [0.4, 0.5) is 5.69 Å². The summed E-state index contributed by atoms with van der Waals surface area (Å²) in [6.07, 6.45) is 1.94. The molecule has 8 heteroatoms. The number of hydrogen-bond acceptors (Lipinski definition) is 5. The molecule has 4 rings (SSSR count). The molecule has 0 bridgehead atoms. The molecular weight excluding hydrogens is 416 g/mol. The zero-order valence-corrected chi connectivity index (χ0v) is 18.9. The molecule has 0 aliphatic carbocycles. The highest BCUT2D eigenvalue weighted by molar-refractivity contribution is 7.89. The molecule has 0 unspecified atom stereocenters. The Hall–Kier alpha value is -2.42. The summed E-state index contributed by atoms with van der Waals surface area (Å²) >= 11 is 0. The lowest BCUT2D eigenvalue weighted by Crippen LogP contribution is -2.48. The zero-order valence-electron chi connectivity index (χ0n) is 18.0. The second-order valence-corrected chi connectivity index (χ2v) is 10.3. The first kappa shape index (κ1) is 21.8. The molecule has 2 aliphatic rings. The first-order chi connectivity index (χ1) is 14.7. The Kier molecular flexibility index (Phi) is 5.57. The fourth-order valence-electron chi connectivity index (χ4n) is 4.69. The van der Waals surface area contributed by atoms with Gasteiger partial charge in [-0.1, -0.05) is 18.2 Å². The molecule has 1 N–H and O–H groups in total. The molecule has 0 aromatic heterocycles. The lowest BCUT2D eigenvalue weighted by Gasteiger charge is -2.36. The lowest BCUT2D eigenvalue weighted by molar-refractivity contribution is -0.116. The fraction of sp³-hybridized carbons (Fsp3) is 0.435. The number of methoxy groups -OCH3 is 1. The van der Waals surface area contributed by atoms with Gasteiger partial charge in [0, 0.05) is 25.7 Å². The second kappa shape index (κ2) is 7.93. The van der Waals surface area contributed by atoms with Gasteiger partial charge < -0.3 is 14.7 Å². The van der Waals surface area contributed by atoms with Crippen LogP contribution in [-0.2, 0) is 26.8 Å². The number of rotatable bonds is 5. The number of carbonyl (C=O) groups is 1. The highest BCUT2D eigenvalue weighted by atomic mass is 32.2. The predicted octanol–water partition coefficient (Wildman–Crippen LogP) is 2.67. The van der Waals surface area contributed by atoms with Gasteiger partial charge in [-0.25, -0.2) is 8.42 Å². The van der Waals surface area contributed by atoms with Crippen molar-refractivity contribution in [3.05, 3.63) is 53.6 Å². The number of hydrogen-bond donors (Lipinski definition) is 1. The highest BCUT2D eigenvalue weighted by Gasteiger charge is 2.46. The van der Waals surface area contributed by atoms with Crippen LogP contribution < -0.4 is 9.64 Å². The Morgan fingerprint density at radius 2 is 1.87 bits per heavy atom. The SMILES string of the molecule is COc1ccc([C@](C)(O)[C@@H]2CCCN2S(=O)(=O)c2ccc3c(c2)N(C(C)=O)CC3)cc1. The van der Waals surface area contributed by atoms with Gasteiger partial charge in [-0.05, 0) is 61.6 Å². The Morgan fingerprint density at radius 3 is 2.52 bits per heavy atom. The average molecular weight is 445 g/mol. The van der Waals surface area contributed by atoms with Gasteiger partial charge in [0.2, 0.25) is 15.9 Å². The number of amides is 1. The van der Waals surface area contributed by atoms with Crippen LogP contribution in [0.3, 0.4) is 0 Å². The third kappa shape index (κ3) is 3.73. The number of nitrogens with zero attached hydrogens (tertiary/aromatic N) is 2. The number of carbonyl (C=O) groups excluding carboxylic acids is 1. The van der Waals surface area contributed by atoms with Gasteiger partial charge in [-0.15, -0.1) is 0 Å². The summed E-state index contributed by atoms with van der Waals surface area (Å²) in [6.45, 7) is 4.05. The summed E-state index contributed by atoms with van der Waals surface area (Å²) in [5, 5.41) is 11.4. The minimum absolute atomic E-state index is 0.102. The van der Waals surface area contributed by atoms with Gasteiger partial charge in [0.25, 0.3) is 0 Å². The minimum atomic E-state index is -3.85. The monoisotopic (exact) mass is 444 g/mol. The van der Waals surface area contributed by atoms with E-state index in [1.54, 1.807) is 61.4 Å². The van der Waals surface area contributed by atoms with Crippen molar-refractivity contribution >= 4 is 21.6 Å². The van der Waals surface area contributed by atoms with Crippen molar-refractivity contribution in [1.29, 1.82) is 0 Å². The van der Waals surface area contributed by atoms with Crippen LogP contribution in [0.1, 0.15) is 37.8 Å². The van der Waals surface area contributed by atoms with Crippen LogP contribution in [0.25, 0.3) is 0 Å². The molecule has 2 aliphatic heterocycles. The van der Waals surface area contributed by atoms with Crippen molar-refractivity contribution in [1.82, 2.24) is 4.31 Å². The van der Waals surface area contributed by atoms with Crippen molar-refractivity contribution in [2.45, 2.75) is 49.6 Å². The van der Waals surface area contributed by atoms with E-state index < -0.39 is 21.7 Å². The van der Waals surface area contributed by atoms with Gasteiger partial charge in [-0.3, -0.25) is 4.79 Å². The molecule has 0 radical (unpaired) electrons. The van der Waals surface area contributed by atoms with Crippen molar-refractivity contribution in [2.75, 3.05) is 25.1 Å². The van der Waals surface area contributed by atoms with E-state index in [0.29, 0.717) is 49.4 Å². The third-order valence-corrected chi connectivity index (χ3v) is 8.37. The van der Waals surface area contributed by atoms with Gasteiger partial charge >= 0.3 is 0 Å². The van der Waals surface area contributed by atoms with E-state index in [0.717, 1.165) is 5.56 Å². The van der Waals surface area contributed by atoms with Crippen molar-refractivity contribution in [3.8, 4) is 5.75 Å². The van der Waals surface area contributed by atoms with E-state index >= 15 is 0 Å². The van der Waals surface area contributed by atoms with Gasteiger partial charge in [0.1, 0.15) is 11.4 Å². The van der Waals surface area contributed by atoms with E-state index in [2.05, 4.69) is 0 Å². The molecule has 1 amide bonds. The molecule has 2 heterocycles. The smallest absolute Gasteiger partial charge is 0.243 e. The van der Waals surface area contributed by atoms with E-state index in [9.17, 15) is 18.3 Å². The molecule has 31 heavy (non-hydrogen) atoms. The van der Waals surface area contributed by atoms with E-state index in [-0.39, 0.29) is 10.8 Å². The van der Waals surface area contributed by atoms with Crippen LogP contribution in [0, 0.1) is 0 Å². The first-order valence-electron chi connectivity index (χ1n) is 10.5. The fourth-order valence-corrected chi connectivity index (χ4v) is 6.48. The van der Waals surface area contributed by atoms with E-state index in [1.807, 2.05) is 0 Å². The summed E-state index contributed by atoms with van der Waals surface area (Å²) in [5.74, 6) is 0.568. The van der Waals surface area contributed by atoms with Gasteiger partial charge in [-0.2, -0.15) is 4.31 Å². The van der Waals surface area contributed by atoms with Gasteiger partial charge in [0.05, 0.1) is 18.0 Å². The number of aliphatic hydroxyl groups is 1. The predicted molar refractivity (Wildman–Crippen MR) is 118 cm³/mol. The molecule has 0 saturated carbocycles. The largest absolute Gasteiger partial charge is 0.497 e. The second-order valence-electron chi connectivity index (χ2n) is 8.36. The summed E-state index contributed by atoms with van der Waals surface area (Å²) in [4.78, 5) is 13.7. The first-order valence-corrected chi connectivity index (χ1v) is 11.9. The Morgan fingerprint density at radius 1 is 1.16 bits per heavy atom. The molecule has 2 atom stereocenters. The van der Waals surface area contributed by atoms with Crippen LogP contribution in [-0.4, -0.2) is 50.0 Å². The number of benzene rings is 2. The summed E-state index contributed by atoms with van der Waals surface area (Å²) in [7, 11) is -2.28. The standard InChI is InChI=1S/C23H28N2O5S/c1-16(26)24-14-12-17-6-11-20(15-21(17)24)31(28,29)25-13-4-5-22(25)23(2,27)18-7-9-19(30-3)10-8-18/h6-11,15,22,27H,4-5,12-14H2,1-3H3/t22-,23-/m0/s1. The molecular formula is C23H28N2O5S. The summed E-state index contributed by atoms with van der Waals surface area (Å²) in [5.41, 5.74) is 0.901. The molecule has 1 saturated heterocycles. The van der Waals surface area contributed by atoms with E-state index in [4.69, 9.17) is 4.74 Å². The highest BCUT2D eigenvalue weighted by Crippen LogP contribution is 2.39. The maximum absolute atomic E-state index is 13.6. The number of anilines is 1. The van der Waals surface area contributed by atoms with Crippen molar-refractivity contribution in [3.63, 3.8) is 0 Å². The van der Waals surface area contributed by atoms with Crippen LogP contribution in [0.5, 0.6) is 5.75 Å². The number of sulfonamides is 1. The maximum Gasteiger partial charge on any atom is 0.243 e. The minimum Gasteiger partial charge on any atom is -0.497 e. The molecule has 7 nitrogen and oxygen atoms in total. The molecule has 166 valence electrons. The Bertz CT molecular complexity index is 1100. The molecule has 1 fully saturated rings. The molecule has 0 spiro atoms.